The summed E-state index contributed by atoms with van der Waals surface area (Å²) in [5.41, 5.74) is 5.54. The van der Waals surface area contributed by atoms with Gasteiger partial charge in [0.1, 0.15) is 5.76 Å². The van der Waals surface area contributed by atoms with Gasteiger partial charge < -0.3 is 15.4 Å². The van der Waals surface area contributed by atoms with Crippen LogP contribution in [-0.4, -0.2) is 17.1 Å². The molecular formula is C10H17N3O2. The number of oxime groups is 1. The summed E-state index contributed by atoms with van der Waals surface area (Å²) in [6.45, 7) is 3.93. The van der Waals surface area contributed by atoms with Gasteiger partial charge in [0.15, 0.2) is 5.84 Å². The number of hydrogen-bond acceptors (Lipinski definition) is 4. The molecule has 0 aliphatic carbocycles. The van der Waals surface area contributed by atoms with Gasteiger partial charge in [0.25, 0.3) is 0 Å². The van der Waals surface area contributed by atoms with Crippen molar-refractivity contribution in [2.24, 2.45) is 10.9 Å². The topological polar surface area (TPSA) is 83.8 Å². The predicted molar refractivity (Wildman–Crippen MR) is 57.7 cm³/mol. The van der Waals surface area contributed by atoms with Gasteiger partial charge in [-0.3, -0.25) is 5.32 Å². The first-order chi connectivity index (χ1) is 7.19. The van der Waals surface area contributed by atoms with Gasteiger partial charge >= 0.3 is 0 Å². The minimum atomic E-state index is -0.143. The lowest BCUT2D eigenvalue weighted by atomic mass is 10.1. The fourth-order valence-corrected chi connectivity index (χ4v) is 1.40. The molecule has 0 aliphatic heterocycles. The van der Waals surface area contributed by atoms with Crippen molar-refractivity contribution >= 4 is 5.84 Å². The minimum Gasteiger partial charge on any atom is -0.468 e. The van der Waals surface area contributed by atoms with E-state index in [1.165, 1.54) is 0 Å². The van der Waals surface area contributed by atoms with Crippen LogP contribution in [0.5, 0.6) is 0 Å². The fraction of sp³-hybridized carbons (Fsp3) is 0.500. The van der Waals surface area contributed by atoms with Crippen LogP contribution in [-0.2, 0) is 0 Å². The average Bonchev–Trinajstić information content (AvgIpc) is 2.77. The monoisotopic (exact) mass is 211 g/mol. The van der Waals surface area contributed by atoms with Crippen molar-refractivity contribution in [2.75, 3.05) is 0 Å². The zero-order valence-electron chi connectivity index (χ0n) is 8.97. The van der Waals surface area contributed by atoms with E-state index in [0.29, 0.717) is 0 Å². The van der Waals surface area contributed by atoms with E-state index in [-0.39, 0.29) is 17.9 Å². The van der Waals surface area contributed by atoms with Crippen molar-refractivity contribution in [1.29, 1.82) is 0 Å². The number of furan rings is 1. The van der Waals surface area contributed by atoms with E-state index in [9.17, 15) is 0 Å². The van der Waals surface area contributed by atoms with Crippen molar-refractivity contribution in [1.82, 2.24) is 5.32 Å². The number of nitrogens with zero attached hydrogens (tertiary/aromatic N) is 1. The molecule has 0 aromatic carbocycles. The van der Waals surface area contributed by atoms with E-state index in [4.69, 9.17) is 15.4 Å². The molecule has 0 amide bonds. The zero-order valence-corrected chi connectivity index (χ0v) is 8.97. The van der Waals surface area contributed by atoms with Crippen LogP contribution < -0.4 is 11.1 Å². The van der Waals surface area contributed by atoms with Crippen molar-refractivity contribution in [3.05, 3.63) is 24.2 Å². The van der Waals surface area contributed by atoms with Crippen molar-refractivity contribution in [2.45, 2.75) is 32.4 Å². The largest absolute Gasteiger partial charge is 0.468 e. The molecule has 0 bridgehead atoms. The molecule has 15 heavy (non-hydrogen) atoms. The molecule has 1 aromatic heterocycles. The molecule has 0 radical (unpaired) electrons. The quantitative estimate of drug-likeness (QED) is 0.298. The molecule has 0 aliphatic rings. The first kappa shape index (κ1) is 11.6. The predicted octanol–water partition coefficient (Wildman–Crippen LogP) is 1.46. The van der Waals surface area contributed by atoms with Crippen molar-refractivity contribution in [3.8, 4) is 0 Å². The molecule has 84 valence electrons. The van der Waals surface area contributed by atoms with Crippen LogP contribution in [0.1, 0.15) is 32.1 Å². The SMILES string of the molecule is CCC(N[C@H](C)c1ccco1)/C(N)=N/O. The van der Waals surface area contributed by atoms with E-state index in [1.807, 2.05) is 26.0 Å². The number of hydrogen-bond donors (Lipinski definition) is 3. The molecule has 1 heterocycles. The van der Waals surface area contributed by atoms with Gasteiger partial charge in [0.05, 0.1) is 18.3 Å². The van der Waals surface area contributed by atoms with Crippen LogP contribution in [0.3, 0.4) is 0 Å². The average molecular weight is 211 g/mol. The highest BCUT2D eigenvalue weighted by Gasteiger charge is 2.16. The lowest BCUT2D eigenvalue weighted by Crippen LogP contribution is -2.42. The van der Waals surface area contributed by atoms with E-state index >= 15 is 0 Å². The van der Waals surface area contributed by atoms with E-state index in [0.717, 1.165) is 12.2 Å². The van der Waals surface area contributed by atoms with Crippen LogP contribution in [0.4, 0.5) is 0 Å². The van der Waals surface area contributed by atoms with E-state index in [1.54, 1.807) is 6.26 Å². The number of nitrogens with one attached hydrogen (secondary N) is 1. The molecule has 5 heteroatoms. The summed E-state index contributed by atoms with van der Waals surface area (Å²) in [4.78, 5) is 0. The van der Waals surface area contributed by atoms with Crippen LogP contribution in [0.2, 0.25) is 0 Å². The van der Waals surface area contributed by atoms with Gasteiger partial charge in [0.2, 0.25) is 0 Å². The molecule has 0 saturated carbocycles. The Labute approximate surface area is 88.9 Å². The van der Waals surface area contributed by atoms with Gasteiger partial charge in [-0.2, -0.15) is 0 Å². The highest BCUT2D eigenvalue weighted by atomic mass is 16.4. The molecule has 5 nitrogen and oxygen atoms in total. The highest BCUT2D eigenvalue weighted by molar-refractivity contribution is 5.85. The van der Waals surface area contributed by atoms with Crippen molar-refractivity contribution < 1.29 is 9.62 Å². The van der Waals surface area contributed by atoms with Crippen LogP contribution in [0.15, 0.2) is 28.0 Å². The molecule has 0 fully saturated rings. The Balaban J connectivity index is 2.60. The second-order valence-electron chi connectivity index (χ2n) is 3.39. The zero-order chi connectivity index (χ0) is 11.3. The number of rotatable bonds is 5. The van der Waals surface area contributed by atoms with Crippen molar-refractivity contribution in [3.63, 3.8) is 0 Å². The second kappa shape index (κ2) is 5.41. The summed E-state index contributed by atoms with van der Waals surface area (Å²) in [7, 11) is 0. The Bertz CT molecular complexity index is 308. The summed E-state index contributed by atoms with van der Waals surface area (Å²) in [5, 5.41) is 14.8. The van der Waals surface area contributed by atoms with Gasteiger partial charge in [0, 0.05) is 0 Å². The van der Waals surface area contributed by atoms with Crippen LogP contribution in [0, 0.1) is 0 Å². The molecular weight excluding hydrogens is 194 g/mol. The molecule has 0 saturated heterocycles. The molecule has 1 aromatic rings. The maximum absolute atomic E-state index is 8.58. The van der Waals surface area contributed by atoms with Gasteiger partial charge in [-0.1, -0.05) is 12.1 Å². The highest BCUT2D eigenvalue weighted by Crippen LogP contribution is 2.13. The van der Waals surface area contributed by atoms with Gasteiger partial charge in [-0.25, -0.2) is 0 Å². The third-order valence-electron chi connectivity index (χ3n) is 2.30. The molecule has 1 unspecified atom stereocenters. The Hall–Kier alpha value is -1.49. The normalized spacial score (nSPS) is 16.3. The van der Waals surface area contributed by atoms with Crippen LogP contribution in [0.25, 0.3) is 0 Å². The molecule has 4 N–H and O–H groups in total. The molecule has 1 rings (SSSR count). The maximum atomic E-state index is 8.58. The lowest BCUT2D eigenvalue weighted by molar-refractivity contribution is 0.312. The van der Waals surface area contributed by atoms with E-state index in [2.05, 4.69) is 10.5 Å². The lowest BCUT2D eigenvalue weighted by Gasteiger charge is -2.19. The standard InChI is InChI=1S/C10H17N3O2/c1-3-8(10(11)13-14)12-7(2)9-5-4-6-15-9/h4-8,12,14H,3H2,1-2H3,(H2,11,13)/t7-,8?/m1/s1. The molecule has 0 spiro atoms. The second-order valence-corrected chi connectivity index (χ2v) is 3.39. The van der Waals surface area contributed by atoms with Crippen LogP contribution >= 0.6 is 0 Å². The molecule has 2 atom stereocenters. The first-order valence-electron chi connectivity index (χ1n) is 4.95. The summed E-state index contributed by atoms with van der Waals surface area (Å²) in [6, 6.07) is 3.61. The van der Waals surface area contributed by atoms with Gasteiger partial charge in [-0.15, -0.1) is 0 Å². The third-order valence-corrected chi connectivity index (χ3v) is 2.30. The summed E-state index contributed by atoms with van der Waals surface area (Å²) >= 11 is 0. The Morgan fingerprint density at radius 1 is 1.73 bits per heavy atom. The van der Waals surface area contributed by atoms with E-state index < -0.39 is 0 Å². The Kier molecular flexibility index (Phi) is 4.17. The fourth-order valence-electron chi connectivity index (χ4n) is 1.40. The maximum Gasteiger partial charge on any atom is 0.156 e. The summed E-state index contributed by atoms with van der Waals surface area (Å²) in [5.74, 6) is 1.02. The van der Waals surface area contributed by atoms with Gasteiger partial charge in [-0.05, 0) is 25.5 Å². The first-order valence-corrected chi connectivity index (χ1v) is 4.95. The third kappa shape index (κ3) is 2.99. The smallest absolute Gasteiger partial charge is 0.156 e. The number of nitrogens with two attached hydrogens (primary N) is 1. The Morgan fingerprint density at radius 2 is 2.47 bits per heavy atom. The number of amidine groups is 1. The summed E-state index contributed by atoms with van der Waals surface area (Å²) in [6.07, 6.45) is 2.37. The summed E-state index contributed by atoms with van der Waals surface area (Å²) < 4.78 is 5.25. The minimum absolute atomic E-state index is 0.0326. The Morgan fingerprint density at radius 3 is 2.93 bits per heavy atom.